The highest BCUT2D eigenvalue weighted by atomic mass is 35.5. The van der Waals surface area contributed by atoms with E-state index in [1.165, 1.54) is 6.08 Å². The zero-order valence-corrected chi connectivity index (χ0v) is 14.7. The molecule has 0 spiro atoms. The zero-order valence-electron chi connectivity index (χ0n) is 13.1. The fourth-order valence-corrected chi connectivity index (χ4v) is 2.61. The van der Waals surface area contributed by atoms with Crippen LogP contribution in [0.15, 0.2) is 30.3 Å². The molecule has 1 heterocycles. The van der Waals surface area contributed by atoms with Crippen molar-refractivity contribution in [2.75, 3.05) is 5.32 Å². The Morgan fingerprint density at radius 3 is 2.78 bits per heavy atom. The maximum Gasteiger partial charge on any atom is 0.248 e. The van der Waals surface area contributed by atoms with Gasteiger partial charge in [-0.05, 0) is 31.6 Å². The predicted molar refractivity (Wildman–Crippen MR) is 96.0 cm³/mol. The molecule has 0 fully saturated rings. The summed E-state index contributed by atoms with van der Waals surface area (Å²) in [7, 11) is 0. The molecular weight excluding hydrogens is 333 g/mol. The van der Waals surface area contributed by atoms with Crippen LogP contribution in [-0.4, -0.2) is 15.7 Å². The largest absolute Gasteiger partial charge is 0.321 e. The number of rotatable bonds is 6. The number of amides is 1. The van der Waals surface area contributed by atoms with E-state index in [9.17, 15) is 4.79 Å². The molecule has 2 rings (SSSR count). The van der Waals surface area contributed by atoms with Crippen molar-refractivity contribution in [1.82, 2.24) is 9.78 Å². The van der Waals surface area contributed by atoms with E-state index >= 15 is 0 Å². The van der Waals surface area contributed by atoms with Gasteiger partial charge in [0.1, 0.15) is 5.15 Å². The molecule has 1 N–H and O–H groups in total. The van der Waals surface area contributed by atoms with Gasteiger partial charge in [0.25, 0.3) is 0 Å². The first-order valence-corrected chi connectivity index (χ1v) is 8.25. The summed E-state index contributed by atoms with van der Waals surface area (Å²) in [4.78, 5) is 12.0. The number of nitrogens with one attached hydrogen (secondary N) is 1. The van der Waals surface area contributed by atoms with Crippen molar-refractivity contribution in [2.45, 2.75) is 33.2 Å². The number of carbonyl (C=O) groups excluding carboxylic acids is 1. The van der Waals surface area contributed by atoms with Crippen LogP contribution >= 0.6 is 23.2 Å². The molecule has 0 atom stereocenters. The van der Waals surface area contributed by atoms with Gasteiger partial charge in [-0.15, -0.1) is 0 Å². The average Bonchev–Trinajstić information content (AvgIpc) is 2.79. The quantitative estimate of drug-likeness (QED) is 0.748. The minimum Gasteiger partial charge on any atom is -0.321 e. The van der Waals surface area contributed by atoms with Gasteiger partial charge in [0, 0.05) is 18.2 Å². The Morgan fingerprint density at radius 1 is 1.35 bits per heavy atom. The Bertz CT molecular complexity index is 723. The first-order valence-electron chi connectivity index (χ1n) is 7.49. The van der Waals surface area contributed by atoms with E-state index in [1.54, 1.807) is 22.9 Å². The molecule has 0 saturated heterocycles. The van der Waals surface area contributed by atoms with Crippen LogP contribution in [0.3, 0.4) is 0 Å². The molecule has 23 heavy (non-hydrogen) atoms. The minimum absolute atomic E-state index is 0.269. The van der Waals surface area contributed by atoms with E-state index in [-0.39, 0.29) is 5.91 Å². The van der Waals surface area contributed by atoms with Gasteiger partial charge in [-0.3, -0.25) is 9.48 Å². The minimum atomic E-state index is -0.269. The van der Waals surface area contributed by atoms with Crippen molar-refractivity contribution in [1.29, 1.82) is 0 Å². The van der Waals surface area contributed by atoms with Gasteiger partial charge >= 0.3 is 0 Å². The summed E-state index contributed by atoms with van der Waals surface area (Å²) in [5.41, 5.74) is 2.13. The smallest absolute Gasteiger partial charge is 0.248 e. The highest BCUT2D eigenvalue weighted by molar-refractivity contribution is 6.34. The monoisotopic (exact) mass is 351 g/mol. The standard InChI is InChI=1S/C17H19Cl2N3O/c1-3-4-11-22-17(19)13(12(2)21-22)9-10-16(23)20-15-8-6-5-7-14(15)18/h5-10H,3-4,11H2,1-2H3,(H,20,23). The molecule has 0 aliphatic heterocycles. The molecule has 1 aromatic carbocycles. The molecule has 0 saturated carbocycles. The number of nitrogens with zero attached hydrogens (tertiary/aromatic N) is 2. The number of unbranched alkanes of at least 4 members (excludes halogenated alkanes) is 1. The molecule has 0 bridgehead atoms. The first-order chi connectivity index (χ1) is 11.0. The first kappa shape index (κ1) is 17.6. The number of aryl methyl sites for hydroxylation is 2. The van der Waals surface area contributed by atoms with Gasteiger partial charge in [-0.2, -0.15) is 5.10 Å². The van der Waals surface area contributed by atoms with Crippen LogP contribution in [0.1, 0.15) is 31.0 Å². The van der Waals surface area contributed by atoms with Gasteiger partial charge in [0.2, 0.25) is 5.91 Å². The second kappa shape index (κ2) is 8.18. The number of benzene rings is 1. The third kappa shape index (κ3) is 4.60. The number of halogens is 2. The lowest BCUT2D eigenvalue weighted by atomic mass is 10.2. The number of aromatic nitrogens is 2. The SMILES string of the molecule is CCCCn1nc(C)c(C=CC(=O)Nc2ccccc2Cl)c1Cl. The second-order valence-corrected chi connectivity index (χ2v) is 5.93. The second-order valence-electron chi connectivity index (χ2n) is 5.17. The molecule has 6 heteroatoms. The van der Waals surface area contributed by atoms with E-state index in [2.05, 4.69) is 17.3 Å². The number of hydrogen-bond donors (Lipinski definition) is 1. The maximum absolute atomic E-state index is 12.0. The normalized spacial score (nSPS) is 11.1. The van der Waals surface area contributed by atoms with Crippen LogP contribution in [0.25, 0.3) is 6.08 Å². The number of carbonyl (C=O) groups is 1. The molecule has 1 aromatic heterocycles. The van der Waals surface area contributed by atoms with Gasteiger partial charge < -0.3 is 5.32 Å². The topological polar surface area (TPSA) is 46.9 Å². The van der Waals surface area contributed by atoms with Crippen LogP contribution in [0.4, 0.5) is 5.69 Å². The van der Waals surface area contributed by atoms with Crippen molar-refractivity contribution in [3.8, 4) is 0 Å². The molecular formula is C17H19Cl2N3O. The summed E-state index contributed by atoms with van der Waals surface area (Å²) in [5.74, 6) is -0.269. The molecule has 4 nitrogen and oxygen atoms in total. The van der Waals surface area contributed by atoms with Crippen LogP contribution in [0.5, 0.6) is 0 Å². The third-order valence-corrected chi connectivity index (χ3v) is 4.09. The Balaban J connectivity index is 2.09. The van der Waals surface area contributed by atoms with E-state index < -0.39 is 0 Å². The van der Waals surface area contributed by atoms with Crippen LogP contribution < -0.4 is 5.32 Å². The van der Waals surface area contributed by atoms with E-state index in [0.717, 1.165) is 30.6 Å². The van der Waals surface area contributed by atoms with E-state index in [0.29, 0.717) is 15.9 Å². The van der Waals surface area contributed by atoms with Crippen LogP contribution in [0.2, 0.25) is 10.2 Å². The molecule has 0 unspecified atom stereocenters. The van der Waals surface area contributed by atoms with Crippen molar-refractivity contribution >= 4 is 40.9 Å². The summed E-state index contributed by atoms with van der Waals surface area (Å²) in [5, 5.41) is 8.19. The van der Waals surface area contributed by atoms with Crippen LogP contribution in [-0.2, 0) is 11.3 Å². The van der Waals surface area contributed by atoms with Crippen LogP contribution in [0, 0.1) is 6.92 Å². The maximum atomic E-state index is 12.0. The average molecular weight is 352 g/mol. The van der Waals surface area contributed by atoms with Gasteiger partial charge in [-0.25, -0.2) is 0 Å². The zero-order chi connectivity index (χ0) is 16.8. The lowest BCUT2D eigenvalue weighted by molar-refractivity contribution is -0.111. The Kier molecular flexibility index (Phi) is 6.25. The van der Waals surface area contributed by atoms with Crippen molar-refractivity contribution in [2.24, 2.45) is 0 Å². The summed E-state index contributed by atoms with van der Waals surface area (Å²) in [6.07, 6.45) is 5.19. The van der Waals surface area contributed by atoms with E-state index in [4.69, 9.17) is 23.2 Å². The molecule has 122 valence electrons. The van der Waals surface area contributed by atoms with Crippen molar-refractivity contribution in [3.05, 3.63) is 51.8 Å². The Hall–Kier alpha value is -1.78. The van der Waals surface area contributed by atoms with Crippen molar-refractivity contribution in [3.63, 3.8) is 0 Å². The summed E-state index contributed by atoms with van der Waals surface area (Å²) < 4.78 is 1.77. The molecule has 0 aliphatic carbocycles. The fraction of sp³-hybridized carbons (Fsp3) is 0.294. The lowest BCUT2D eigenvalue weighted by Crippen LogP contribution is -2.08. The lowest BCUT2D eigenvalue weighted by Gasteiger charge is -2.03. The fourth-order valence-electron chi connectivity index (χ4n) is 2.11. The summed E-state index contributed by atoms with van der Waals surface area (Å²) >= 11 is 12.3. The number of para-hydroxylation sites is 1. The number of hydrogen-bond acceptors (Lipinski definition) is 2. The molecule has 2 aromatic rings. The Morgan fingerprint density at radius 2 is 2.09 bits per heavy atom. The number of anilines is 1. The summed E-state index contributed by atoms with van der Waals surface area (Å²) in [6.45, 7) is 4.76. The molecule has 0 radical (unpaired) electrons. The molecule has 0 aliphatic rings. The van der Waals surface area contributed by atoms with Crippen molar-refractivity contribution < 1.29 is 4.79 Å². The summed E-state index contributed by atoms with van der Waals surface area (Å²) in [6, 6.07) is 7.08. The van der Waals surface area contributed by atoms with Gasteiger partial charge in [0.05, 0.1) is 16.4 Å². The highest BCUT2D eigenvalue weighted by Crippen LogP contribution is 2.23. The molecule has 1 amide bonds. The third-order valence-electron chi connectivity index (χ3n) is 3.37. The Labute approximate surface area is 146 Å². The van der Waals surface area contributed by atoms with Gasteiger partial charge in [-0.1, -0.05) is 48.7 Å². The highest BCUT2D eigenvalue weighted by Gasteiger charge is 2.11. The van der Waals surface area contributed by atoms with E-state index in [1.807, 2.05) is 19.1 Å². The predicted octanol–water partition coefficient (Wildman–Crippen LogP) is 4.95. The van der Waals surface area contributed by atoms with Gasteiger partial charge in [0.15, 0.2) is 0 Å².